The quantitative estimate of drug-likeness (QED) is 0.798. The molecule has 0 bridgehead atoms. The predicted octanol–water partition coefficient (Wildman–Crippen LogP) is 4.23. The summed E-state index contributed by atoms with van der Waals surface area (Å²) in [5, 5.41) is 2.80. The highest BCUT2D eigenvalue weighted by Gasteiger charge is 2.20. The molecule has 1 saturated heterocycles. The topological polar surface area (TPSA) is 58.6 Å². The molecule has 138 valence electrons. The third kappa shape index (κ3) is 4.64. The van der Waals surface area contributed by atoms with Crippen LogP contribution in [-0.4, -0.2) is 31.1 Å². The molecule has 2 heterocycles. The first-order valence-corrected chi connectivity index (χ1v) is 9.78. The zero-order valence-corrected chi connectivity index (χ0v) is 16.0. The maximum Gasteiger partial charge on any atom is 0.349 e. The Morgan fingerprint density at radius 2 is 1.77 bits per heavy atom. The zero-order chi connectivity index (χ0) is 18.5. The number of anilines is 2. The molecule has 1 aromatic heterocycles. The minimum atomic E-state index is -0.855. The van der Waals surface area contributed by atoms with Crippen LogP contribution in [0.5, 0.6) is 0 Å². The zero-order valence-electron chi connectivity index (χ0n) is 15.2. The fraction of sp³-hybridized carbons (Fsp3) is 0.400. The molecule has 1 N–H and O–H groups in total. The SMILES string of the molecule is Cc1ccc(C(=O)O[C@H](C)C(=O)Nc2ccc(N3CCCCC3)cc2)s1. The van der Waals surface area contributed by atoms with Crippen LogP contribution in [0, 0.1) is 6.92 Å². The van der Waals surface area contributed by atoms with Gasteiger partial charge in [0.25, 0.3) is 5.91 Å². The third-order valence-corrected chi connectivity index (χ3v) is 5.43. The van der Waals surface area contributed by atoms with Crippen LogP contribution < -0.4 is 10.2 Å². The highest BCUT2D eigenvalue weighted by atomic mass is 32.1. The van der Waals surface area contributed by atoms with E-state index >= 15 is 0 Å². The van der Waals surface area contributed by atoms with Crippen molar-refractivity contribution in [1.29, 1.82) is 0 Å². The molecule has 1 aromatic carbocycles. The number of hydrogen-bond acceptors (Lipinski definition) is 5. The van der Waals surface area contributed by atoms with E-state index in [0.717, 1.165) is 18.0 Å². The number of rotatable bonds is 5. The van der Waals surface area contributed by atoms with E-state index in [1.54, 1.807) is 13.0 Å². The molecule has 1 aliphatic heterocycles. The number of carbonyl (C=O) groups is 2. The summed E-state index contributed by atoms with van der Waals surface area (Å²) in [5.41, 5.74) is 1.88. The number of thiophene rings is 1. The van der Waals surface area contributed by atoms with Crippen molar-refractivity contribution in [2.45, 2.75) is 39.2 Å². The normalized spacial score (nSPS) is 15.4. The number of aryl methyl sites for hydroxylation is 1. The van der Waals surface area contributed by atoms with E-state index in [2.05, 4.69) is 10.2 Å². The Hall–Kier alpha value is -2.34. The monoisotopic (exact) mass is 372 g/mol. The second-order valence-electron chi connectivity index (χ2n) is 6.54. The van der Waals surface area contributed by atoms with E-state index < -0.39 is 12.1 Å². The minimum absolute atomic E-state index is 0.336. The molecule has 5 nitrogen and oxygen atoms in total. The van der Waals surface area contributed by atoms with Gasteiger partial charge in [-0.25, -0.2) is 4.79 Å². The van der Waals surface area contributed by atoms with Gasteiger partial charge in [0, 0.05) is 29.3 Å². The number of piperidine rings is 1. The van der Waals surface area contributed by atoms with Gasteiger partial charge < -0.3 is 15.0 Å². The second-order valence-corrected chi connectivity index (χ2v) is 7.83. The summed E-state index contributed by atoms with van der Waals surface area (Å²) in [6, 6.07) is 11.4. The van der Waals surface area contributed by atoms with E-state index in [0.29, 0.717) is 10.6 Å². The number of esters is 1. The number of ether oxygens (including phenoxy) is 1. The number of nitrogens with zero attached hydrogens (tertiary/aromatic N) is 1. The van der Waals surface area contributed by atoms with Gasteiger partial charge in [0.2, 0.25) is 0 Å². The second kappa shape index (κ2) is 8.36. The minimum Gasteiger partial charge on any atom is -0.448 e. The summed E-state index contributed by atoms with van der Waals surface area (Å²) < 4.78 is 5.25. The van der Waals surface area contributed by atoms with E-state index in [4.69, 9.17) is 4.74 Å². The van der Waals surface area contributed by atoms with Crippen LogP contribution in [0.1, 0.15) is 40.7 Å². The van der Waals surface area contributed by atoms with Crippen LogP contribution in [0.25, 0.3) is 0 Å². The average molecular weight is 372 g/mol. The van der Waals surface area contributed by atoms with Gasteiger partial charge in [-0.3, -0.25) is 4.79 Å². The van der Waals surface area contributed by atoms with Crippen LogP contribution in [0.3, 0.4) is 0 Å². The standard InChI is InChI=1S/C20H24N2O3S/c1-14-6-11-18(26-14)20(24)25-15(2)19(23)21-16-7-9-17(10-8-16)22-12-4-3-5-13-22/h6-11,15H,3-5,12-13H2,1-2H3,(H,21,23)/t15-/m1/s1. The predicted molar refractivity (Wildman–Crippen MR) is 105 cm³/mol. The summed E-state index contributed by atoms with van der Waals surface area (Å²) in [7, 11) is 0. The fourth-order valence-electron chi connectivity index (χ4n) is 2.97. The molecular formula is C20H24N2O3S. The molecule has 1 atom stereocenters. The lowest BCUT2D eigenvalue weighted by Crippen LogP contribution is -2.30. The highest BCUT2D eigenvalue weighted by molar-refractivity contribution is 7.13. The largest absolute Gasteiger partial charge is 0.448 e. The lowest BCUT2D eigenvalue weighted by atomic mass is 10.1. The molecule has 1 amide bonds. The van der Waals surface area contributed by atoms with Gasteiger partial charge in [0.1, 0.15) is 4.88 Å². The molecule has 26 heavy (non-hydrogen) atoms. The van der Waals surface area contributed by atoms with Gasteiger partial charge in [0.15, 0.2) is 6.10 Å². The maximum atomic E-state index is 12.3. The number of benzene rings is 1. The number of hydrogen-bond donors (Lipinski definition) is 1. The molecule has 2 aromatic rings. The van der Waals surface area contributed by atoms with Crippen LogP contribution >= 0.6 is 11.3 Å². The van der Waals surface area contributed by atoms with Gasteiger partial charge in [-0.15, -0.1) is 11.3 Å². The summed E-state index contributed by atoms with van der Waals surface area (Å²) in [5.74, 6) is -0.802. The van der Waals surface area contributed by atoms with Crippen LogP contribution in [-0.2, 0) is 9.53 Å². The number of amides is 1. The maximum absolute atomic E-state index is 12.3. The van der Waals surface area contributed by atoms with Crippen molar-refractivity contribution in [2.24, 2.45) is 0 Å². The summed E-state index contributed by atoms with van der Waals surface area (Å²) in [4.78, 5) is 28.2. The molecular weight excluding hydrogens is 348 g/mol. The molecule has 0 unspecified atom stereocenters. The van der Waals surface area contributed by atoms with Gasteiger partial charge in [-0.05, 0) is 69.5 Å². The van der Waals surface area contributed by atoms with Crippen LogP contribution in [0.15, 0.2) is 36.4 Å². The molecule has 1 aliphatic rings. The Morgan fingerprint density at radius 3 is 2.38 bits per heavy atom. The van der Waals surface area contributed by atoms with E-state index in [-0.39, 0.29) is 5.91 Å². The summed E-state index contributed by atoms with van der Waals surface area (Å²) in [6.45, 7) is 5.67. The van der Waals surface area contributed by atoms with E-state index in [1.165, 1.54) is 36.3 Å². The molecule has 0 aliphatic carbocycles. The lowest BCUT2D eigenvalue weighted by molar-refractivity contribution is -0.123. The summed E-state index contributed by atoms with van der Waals surface area (Å²) in [6.07, 6.45) is 2.90. The van der Waals surface area contributed by atoms with Gasteiger partial charge in [0.05, 0.1) is 0 Å². The van der Waals surface area contributed by atoms with Crippen molar-refractivity contribution in [2.75, 3.05) is 23.3 Å². The molecule has 0 radical (unpaired) electrons. The molecule has 0 spiro atoms. The van der Waals surface area contributed by atoms with Crippen LogP contribution in [0.4, 0.5) is 11.4 Å². The molecule has 1 fully saturated rings. The summed E-state index contributed by atoms with van der Waals surface area (Å²) >= 11 is 1.36. The number of carbonyl (C=O) groups excluding carboxylic acids is 2. The average Bonchev–Trinajstić information content (AvgIpc) is 3.09. The van der Waals surface area contributed by atoms with Crippen molar-refractivity contribution >= 4 is 34.6 Å². The Morgan fingerprint density at radius 1 is 1.08 bits per heavy atom. The van der Waals surface area contributed by atoms with Crippen molar-refractivity contribution in [3.05, 3.63) is 46.2 Å². The smallest absolute Gasteiger partial charge is 0.349 e. The lowest BCUT2D eigenvalue weighted by Gasteiger charge is -2.28. The van der Waals surface area contributed by atoms with Gasteiger partial charge in [-0.1, -0.05) is 0 Å². The first-order chi connectivity index (χ1) is 12.5. The number of nitrogens with one attached hydrogen (secondary N) is 1. The first-order valence-electron chi connectivity index (χ1n) is 8.96. The van der Waals surface area contributed by atoms with Gasteiger partial charge >= 0.3 is 5.97 Å². The van der Waals surface area contributed by atoms with Gasteiger partial charge in [-0.2, -0.15) is 0 Å². The third-order valence-electron chi connectivity index (χ3n) is 4.45. The fourth-order valence-corrected chi connectivity index (χ4v) is 3.72. The Labute approximate surface area is 158 Å². The molecule has 6 heteroatoms. The molecule has 3 rings (SSSR count). The van der Waals surface area contributed by atoms with Crippen LogP contribution in [0.2, 0.25) is 0 Å². The molecule has 0 saturated carbocycles. The van der Waals surface area contributed by atoms with Crippen molar-refractivity contribution < 1.29 is 14.3 Å². The Kier molecular flexibility index (Phi) is 5.93. The van der Waals surface area contributed by atoms with E-state index in [1.807, 2.05) is 37.3 Å². The first kappa shape index (κ1) is 18.5. The van der Waals surface area contributed by atoms with Crippen molar-refractivity contribution in [3.63, 3.8) is 0 Å². The van der Waals surface area contributed by atoms with E-state index in [9.17, 15) is 9.59 Å². The van der Waals surface area contributed by atoms with Crippen molar-refractivity contribution in [1.82, 2.24) is 0 Å². The highest BCUT2D eigenvalue weighted by Crippen LogP contribution is 2.22. The van der Waals surface area contributed by atoms with Crippen molar-refractivity contribution in [3.8, 4) is 0 Å². The Balaban J connectivity index is 1.54. The Bertz CT molecular complexity index is 764.